The van der Waals surface area contributed by atoms with Gasteiger partial charge in [0.25, 0.3) is 0 Å². The van der Waals surface area contributed by atoms with Crippen LogP contribution in [0.25, 0.3) is 0 Å². The molecule has 7 heteroatoms. The molecule has 2 aliphatic rings. The first-order chi connectivity index (χ1) is 22.6. The number of benzene rings is 1. The monoisotopic (exact) mass is 648 g/mol. The number of allylic oxidation sites excluding steroid dienone is 8. The Balaban J connectivity index is 0. The number of nitrogens with two attached hydrogens (primary N) is 1. The van der Waals surface area contributed by atoms with E-state index in [2.05, 4.69) is 92.7 Å². The highest BCUT2D eigenvalue weighted by atomic mass is 16.5. The van der Waals surface area contributed by atoms with Gasteiger partial charge in [0, 0.05) is 44.9 Å². The molecule has 2 N–H and O–H groups in total. The van der Waals surface area contributed by atoms with E-state index in [9.17, 15) is 4.79 Å². The van der Waals surface area contributed by atoms with Crippen LogP contribution in [0.4, 0.5) is 0 Å². The number of carbonyl (C=O) groups excluding carboxylic acids is 1. The molecular formula is C40H65N5O2. The molecule has 0 saturated carbocycles. The Labute approximate surface area is 288 Å². The van der Waals surface area contributed by atoms with E-state index in [0.717, 1.165) is 42.1 Å². The molecular weight excluding hydrogens is 582 g/mol. The molecule has 1 aliphatic heterocycles. The summed E-state index contributed by atoms with van der Waals surface area (Å²) >= 11 is 0. The fourth-order valence-electron chi connectivity index (χ4n) is 4.48. The summed E-state index contributed by atoms with van der Waals surface area (Å²) in [7, 11) is 6.70. The second kappa shape index (κ2) is 26.1. The summed E-state index contributed by atoms with van der Waals surface area (Å²) in [6, 6.07) is 8.06. The normalized spacial score (nSPS) is 17.1. The topological polar surface area (TPSA) is 83.5 Å². The van der Waals surface area contributed by atoms with Crippen molar-refractivity contribution >= 4 is 18.3 Å². The van der Waals surface area contributed by atoms with E-state index >= 15 is 0 Å². The highest BCUT2D eigenvalue weighted by Gasteiger charge is 2.30. The van der Waals surface area contributed by atoms with Crippen molar-refractivity contribution in [2.75, 3.05) is 34.8 Å². The zero-order chi connectivity index (χ0) is 36.4. The van der Waals surface area contributed by atoms with E-state index in [1.165, 1.54) is 23.8 Å². The molecule has 0 spiro atoms. The Kier molecular flexibility index (Phi) is 25.1. The maximum absolute atomic E-state index is 10.4. The Bertz CT molecular complexity index is 1280. The number of hydrogen-bond donors (Lipinski definition) is 1. The minimum absolute atomic E-state index is 0.0936. The van der Waals surface area contributed by atoms with E-state index in [1.54, 1.807) is 32.3 Å². The molecule has 1 aliphatic carbocycles. The van der Waals surface area contributed by atoms with Gasteiger partial charge in [0.15, 0.2) is 0 Å². The van der Waals surface area contributed by atoms with Gasteiger partial charge in [0.2, 0.25) is 5.91 Å². The maximum atomic E-state index is 10.4. The lowest BCUT2D eigenvalue weighted by molar-refractivity contribution is -0.128. The number of hydrogen-bond acceptors (Lipinski definition) is 6. The van der Waals surface area contributed by atoms with E-state index in [-0.39, 0.29) is 11.3 Å². The molecule has 7 nitrogen and oxygen atoms in total. The van der Waals surface area contributed by atoms with Crippen LogP contribution in [0.2, 0.25) is 0 Å². The van der Waals surface area contributed by atoms with E-state index in [1.807, 2.05) is 58.9 Å². The average Bonchev–Trinajstić information content (AvgIpc) is 3.13. The standard InChI is InChI=1S/C30H37N3O.C5H11NO.2C2H6.CH5N/c1-7-25-14-19-33(20-15-25)29(24(3)30(4)16-11-23(2)12-17-30)28(13-18-31-5)32-22-26-9-8-10-27(21-26)34-6;1-4-5(7)6(2)3;3*1-2/h8-16,18-19,21H,5,7,17,20,22H2,1-4,6H3;4H2,1-3H3;2*1-2H3;2H2,1H3/b18-13-,29-24+,32-28?;;;;. The first-order valence-electron chi connectivity index (χ1n) is 16.9. The third kappa shape index (κ3) is 15.9. The molecule has 1 amide bonds. The number of nitrogens with zero attached hydrogens (tertiary/aromatic N) is 4. The van der Waals surface area contributed by atoms with Crippen LogP contribution in [0.3, 0.4) is 0 Å². The van der Waals surface area contributed by atoms with Crippen molar-refractivity contribution in [2.24, 2.45) is 21.1 Å². The molecule has 1 unspecified atom stereocenters. The summed E-state index contributed by atoms with van der Waals surface area (Å²) in [6.07, 6.45) is 19.8. The predicted octanol–water partition coefficient (Wildman–Crippen LogP) is 9.31. The zero-order valence-electron chi connectivity index (χ0n) is 31.9. The van der Waals surface area contributed by atoms with Crippen LogP contribution in [0, 0.1) is 5.41 Å². The van der Waals surface area contributed by atoms with E-state index in [0.29, 0.717) is 13.0 Å². The lowest BCUT2D eigenvalue weighted by Crippen LogP contribution is -2.30. The van der Waals surface area contributed by atoms with Gasteiger partial charge in [0.05, 0.1) is 25.1 Å². The van der Waals surface area contributed by atoms with E-state index < -0.39 is 0 Å². The summed E-state index contributed by atoms with van der Waals surface area (Å²) in [5.74, 6) is 1.02. The third-order valence-corrected chi connectivity index (χ3v) is 7.44. The van der Waals surface area contributed by atoms with Crippen molar-refractivity contribution in [3.63, 3.8) is 0 Å². The predicted molar refractivity (Wildman–Crippen MR) is 207 cm³/mol. The summed E-state index contributed by atoms with van der Waals surface area (Å²) in [5, 5.41) is 0. The van der Waals surface area contributed by atoms with Crippen molar-refractivity contribution in [2.45, 2.75) is 88.1 Å². The molecule has 262 valence electrons. The van der Waals surface area contributed by atoms with Crippen LogP contribution in [0.15, 0.2) is 106 Å². The first-order valence-corrected chi connectivity index (χ1v) is 16.9. The van der Waals surface area contributed by atoms with Crippen molar-refractivity contribution in [3.05, 3.63) is 101 Å². The number of rotatable bonds is 10. The van der Waals surface area contributed by atoms with Crippen molar-refractivity contribution in [3.8, 4) is 5.75 Å². The molecule has 1 heterocycles. The minimum atomic E-state index is -0.0936. The fourth-order valence-corrected chi connectivity index (χ4v) is 4.48. The summed E-state index contributed by atoms with van der Waals surface area (Å²) < 4.78 is 5.40. The van der Waals surface area contributed by atoms with Crippen molar-refractivity contribution in [1.82, 2.24) is 9.80 Å². The Morgan fingerprint density at radius 2 is 1.79 bits per heavy atom. The minimum Gasteiger partial charge on any atom is -0.497 e. The summed E-state index contributed by atoms with van der Waals surface area (Å²) in [4.78, 5) is 23.4. The van der Waals surface area contributed by atoms with Crippen LogP contribution >= 0.6 is 0 Å². The molecule has 0 aromatic heterocycles. The highest BCUT2D eigenvalue weighted by Crippen LogP contribution is 2.39. The zero-order valence-corrected chi connectivity index (χ0v) is 31.9. The average molecular weight is 648 g/mol. The molecule has 1 aromatic carbocycles. The number of amides is 1. The van der Waals surface area contributed by atoms with Gasteiger partial charge in [-0.05, 0) is 81.4 Å². The second-order valence-corrected chi connectivity index (χ2v) is 10.7. The van der Waals surface area contributed by atoms with Crippen LogP contribution in [-0.2, 0) is 11.3 Å². The van der Waals surface area contributed by atoms with Crippen LogP contribution in [0.5, 0.6) is 5.75 Å². The van der Waals surface area contributed by atoms with Crippen LogP contribution in [-0.4, -0.2) is 62.9 Å². The van der Waals surface area contributed by atoms with Gasteiger partial charge in [-0.1, -0.05) is 90.5 Å². The molecule has 0 fully saturated rings. The Morgan fingerprint density at radius 1 is 1.13 bits per heavy atom. The van der Waals surface area contributed by atoms with Crippen molar-refractivity contribution < 1.29 is 9.53 Å². The van der Waals surface area contributed by atoms with Crippen molar-refractivity contribution in [1.29, 1.82) is 0 Å². The van der Waals surface area contributed by atoms with Gasteiger partial charge in [-0.2, -0.15) is 0 Å². The molecule has 0 saturated heterocycles. The quantitative estimate of drug-likeness (QED) is 0.257. The van der Waals surface area contributed by atoms with Gasteiger partial charge in [0.1, 0.15) is 5.75 Å². The molecule has 1 atom stereocenters. The first kappa shape index (κ1) is 45.2. The van der Waals surface area contributed by atoms with Gasteiger partial charge in [-0.3, -0.25) is 14.8 Å². The fraction of sp³-hybridized carbons (Fsp3) is 0.475. The molecule has 0 bridgehead atoms. The Morgan fingerprint density at radius 3 is 2.23 bits per heavy atom. The SMILES string of the molecule is C=N/C=C\C(=NCc1cccc(OC)c1)/C(=C(/C)C1(C)C=CC(C)=CC1)N1C=CC(CC)=CC1.CC.CC.CCC(=O)N(C)C.CN. The summed E-state index contributed by atoms with van der Waals surface area (Å²) in [5.41, 5.74) is 11.5. The molecule has 3 rings (SSSR count). The number of aliphatic imine (C=N–C) groups is 2. The molecule has 47 heavy (non-hydrogen) atoms. The lowest BCUT2D eigenvalue weighted by atomic mass is 9.75. The number of carbonyl (C=O) groups is 1. The van der Waals surface area contributed by atoms with Crippen LogP contribution in [0.1, 0.15) is 87.1 Å². The van der Waals surface area contributed by atoms with Gasteiger partial charge in [-0.25, -0.2) is 0 Å². The smallest absolute Gasteiger partial charge is 0.221 e. The van der Waals surface area contributed by atoms with E-state index in [4.69, 9.17) is 9.73 Å². The van der Waals surface area contributed by atoms with Crippen LogP contribution < -0.4 is 10.5 Å². The molecule has 0 radical (unpaired) electrons. The Hall–Kier alpha value is -3.97. The summed E-state index contributed by atoms with van der Waals surface area (Å²) in [6.45, 7) is 23.7. The lowest BCUT2D eigenvalue weighted by Gasteiger charge is -2.35. The van der Waals surface area contributed by atoms with Gasteiger partial charge >= 0.3 is 0 Å². The number of ether oxygens (including phenoxy) is 1. The molecule has 1 aromatic rings. The van der Waals surface area contributed by atoms with Gasteiger partial charge < -0.3 is 20.3 Å². The maximum Gasteiger partial charge on any atom is 0.221 e. The second-order valence-electron chi connectivity index (χ2n) is 10.7. The third-order valence-electron chi connectivity index (χ3n) is 7.44. The number of methoxy groups -OCH3 is 1. The highest BCUT2D eigenvalue weighted by molar-refractivity contribution is 6.08. The van der Waals surface area contributed by atoms with Gasteiger partial charge in [-0.15, -0.1) is 0 Å². The largest absolute Gasteiger partial charge is 0.497 e.